The van der Waals surface area contributed by atoms with Crippen LogP contribution in [-0.4, -0.2) is 14.9 Å². The van der Waals surface area contributed by atoms with E-state index in [0.717, 1.165) is 72.1 Å². The highest BCUT2D eigenvalue weighted by Crippen LogP contribution is 2.47. The molecule has 58 heavy (non-hydrogen) atoms. The molecule has 270 valence electrons. The number of nitrogens with zero attached hydrogens (tertiary/aromatic N) is 2. The predicted molar refractivity (Wildman–Crippen MR) is 240 cm³/mol. The second kappa shape index (κ2) is 12.6. The Morgan fingerprint density at radius 1 is 0.310 bits per heavy atom. The molecule has 0 radical (unpaired) electrons. The maximum atomic E-state index is 13.8. The molecule has 0 fully saturated rings. The minimum Gasteiger partial charge on any atom is -0.309 e. The first-order chi connectivity index (χ1) is 28.7. The minimum absolute atomic E-state index is 0.0919. The lowest BCUT2D eigenvalue weighted by Gasteiger charge is -2.13. The standard InChI is InChI=1S/C55H34N2O/c58-55-43-24-14-13-23-42(43)52-44(55)27-30-51-53(52)48-32-38(26-29-50(48)56(51)40-19-9-3-10-20-40)37-25-28-49-46(31-37)47-34-39(35-15-5-1-6-16-35)33-45(36-17-7-2-8-18-36)54(47)57(49)41-21-11-4-12-22-41/h1-34H. The van der Waals surface area contributed by atoms with Crippen LogP contribution in [0.15, 0.2) is 206 Å². The predicted octanol–water partition coefficient (Wildman–Crippen LogP) is 14.1. The molecule has 2 aromatic heterocycles. The summed E-state index contributed by atoms with van der Waals surface area (Å²) in [5.74, 6) is 0.0919. The first kappa shape index (κ1) is 32.5. The summed E-state index contributed by atoms with van der Waals surface area (Å²) in [5.41, 5.74) is 17.3. The molecule has 0 unspecified atom stereocenters. The number of aromatic nitrogens is 2. The lowest BCUT2D eigenvalue weighted by atomic mass is 9.94. The van der Waals surface area contributed by atoms with Crippen LogP contribution in [0.25, 0.3) is 99.5 Å². The van der Waals surface area contributed by atoms with Gasteiger partial charge in [-0.1, -0.05) is 133 Å². The van der Waals surface area contributed by atoms with Gasteiger partial charge in [0.1, 0.15) is 0 Å². The lowest BCUT2D eigenvalue weighted by Crippen LogP contribution is -1.96. The molecule has 0 amide bonds. The molecule has 0 bridgehead atoms. The molecule has 0 spiro atoms. The summed E-state index contributed by atoms with van der Waals surface area (Å²) >= 11 is 0. The Labute approximate surface area is 335 Å². The maximum absolute atomic E-state index is 13.8. The van der Waals surface area contributed by atoms with E-state index in [1.165, 1.54) is 38.5 Å². The molecule has 9 aromatic carbocycles. The number of carbonyl (C=O) groups is 1. The van der Waals surface area contributed by atoms with E-state index in [1.807, 2.05) is 24.3 Å². The molecule has 11 aromatic rings. The fourth-order valence-electron chi connectivity index (χ4n) is 9.47. The third kappa shape index (κ3) is 4.77. The molecule has 0 atom stereocenters. The van der Waals surface area contributed by atoms with Crippen molar-refractivity contribution in [1.29, 1.82) is 0 Å². The number of rotatable bonds is 5. The molecular weight excluding hydrogens is 705 g/mol. The first-order valence-corrected chi connectivity index (χ1v) is 19.8. The number of ketones is 1. The van der Waals surface area contributed by atoms with E-state index in [1.54, 1.807) is 0 Å². The normalized spacial score (nSPS) is 12.2. The van der Waals surface area contributed by atoms with Gasteiger partial charge in [0, 0.05) is 55.2 Å². The van der Waals surface area contributed by atoms with Gasteiger partial charge in [-0.15, -0.1) is 0 Å². The maximum Gasteiger partial charge on any atom is 0.194 e. The molecule has 0 saturated heterocycles. The summed E-state index contributed by atoms with van der Waals surface area (Å²) in [6.07, 6.45) is 0. The number of hydrogen-bond acceptors (Lipinski definition) is 1. The first-order valence-electron chi connectivity index (χ1n) is 19.8. The van der Waals surface area contributed by atoms with Gasteiger partial charge in [0.05, 0.1) is 22.1 Å². The van der Waals surface area contributed by atoms with Crippen LogP contribution in [-0.2, 0) is 0 Å². The van der Waals surface area contributed by atoms with E-state index in [4.69, 9.17) is 0 Å². The number of benzene rings is 9. The summed E-state index contributed by atoms with van der Waals surface area (Å²) in [6.45, 7) is 0. The van der Waals surface area contributed by atoms with E-state index in [0.29, 0.717) is 0 Å². The smallest absolute Gasteiger partial charge is 0.194 e. The summed E-state index contributed by atoms with van der Waals surface area (Å²) in [7, 11) is 0. The van der Waals surface area contributed by atoms with Crippen molar-refractivity contribution in [3.8, 4) is 55.9 Å². The average molecular weight is 739 g/mol. The van der Waals surface area contributed by atoms with Crippen LogP contribution in [0.2, 0.25) is 0 Å². The Kier molecular flexibility index (Phi) is 7.08. The van der Waals surface area contributed by atoms with Crippen molar-refractivity contribution in [3.63, 3.8) is 0 Å². The van der Waals surface area contributed by atoms with E-state index in [9.17, 15) is 4.79 Å². The number of hydrogen-bond donors (Lipinski definition) is 0. The minimum atomic E-state index is 0.0919. The van der Waals surface area contributed by atoms with Crippen molar-refractivity contribution in [1.82, 2.24) is 9.13 Å². The summed E-state index contributed by atoms with van der Waals surface area (Å²) in [5, 5.41) is 4.63. The van der Waals surface area contributed by atoms with E-state index < -0.39 is 0 Å². The lowest BCUT2D eigenvalue weighted by molar-refractivity contribution is 0.104. The molecule has 2 heterocycles. The van der Waals surface area contributed by atoms with Crippen molar-refractivity contribution in [2.45, 2.75) is 0 Å². The van der Waals surface area contributed by atoms with Crippen LogP contribution < -0.4 is 0 Å². The van der Waals surface area contributed by atoms with Gasteiger partial charge in [0.15, 0.2) is 5.78 Å². The monoisotopic (exact) mass is 738 g/mol. The highest BCUT2D eigenvalue weighted by Gasteiger charge is 2.30. The summed E-state index contributed by atoms with van der Waals surface area (Å²) < 4.78 is 4.77. The molecule has 3 nitrogen and oxygen atoms in total. The fraction of sp³-hybridized carbons (Fsp3) is 0. The largest absolute Gasteiger partial charge is 0.309 e. The van der Waals surface area contributed by atoms with Crippen LogP contribution in [0.3, 0.4) is 0 Å². The Hall–Kier alpha value is -7.75. The van der Waals surface area contributed by atoms with Crippen LogP contribution in [0.5, 0.6) is 0 Å². The summed E-state index contributed by atoms with van der Waals surface area (Å²) in [6, 6.07) is 73.4. The Morgan fingerprint density at radius 2 is 0.828 bits per heavy atom. The van der Waals surface area contributed by atoms with E-state index in [2.05, 4.69) is 191 Å². The zero-order chi connectivity index (χ0) is 38.3. The Morgan fingerprint density at radius 3 is 1.50 bits per heavy atom. The van der Waals surface area contributed by atoms with E-state index >= 15 is 0 Å². The third-order valence-corrected chi connectivity index (χ3v) is 12.0. The second-order valence-electron chi connectivity index (χ2n) is 15.2. The van der Waals surface area contributed by atoms with Crippen LogP contribution in [0, 0.1) is 0 Å². The molecular formula is C55H34N2O. The van der Waals surface area contributed by atoms with Crippen LogP contribution >= 0.6 is 0 Å². The van der Waals surface area contributed by atoms with Gasteiger partial charge in [0.25, 0.3) is 0 Å². The zero-order valence-electron chi connectivity index (χ0n) is 31.4. The van der Waals surface area contributed by atoms with Crippen LogP contribution in [0.1, 0.15) is 15.9 Å². The van der Waals surface area contributed by atoms with Gasteiger partial charge < -0.3 is 9.13 Å². The molecule has 12 rings (SSSR count). The van der Waals surface area contributed by atoms with Crippen LogP contribution in [0.4, 0.5) is 0 Å². The van der Waals surface area contributed by atoms with Crippen molar-refractivity contribution in [2.75, 3.05) is 0 Å². The number of carbonyl (C=O) groups excluding carboxylic acids is 1. The molecule has 3 heteroatoms. The van der Waals surface area contributed by atoms with Gasteiger partial charge >= 0.3 is 0 Å². The number of para-hydroxylation sites is 2. The molecule has 1 aliphatic carbocycles. The molecule has 0 aliphatic heterocycles. The molecule has 0 N–H and O–H groups in total. The Bertz CT molecular complexity index is 3430. The van der Waals surface area contributed by atoms with E-state index in [-0.39, 0.29) is 5.78 Å². The van der Waals surface area contributed by atoms with Gasteiger partial charge in [-0.3, -0.25) is 4.79 Å². The van der Waals surface area contributed by atoms with Crippen molar-refractivity contribution in [2.24, 2.45) is 0 Å². The topological polar surface area (TPSA) is 26.9 Å². The van der Waals surface area contributed by atoms with Crippen molar-refractivity contribution >= 4 is 49.4 Å². The van der Waals surface area contributed by atoms with Gasteiger partial charge in [0.2, 0.25) is 0 Å². The average Bonchev–Trinajstić information content (AvgIpc) is 3.91. The SMILES string of the molecule is O=C1c2ccccc2-c2c1ccc1c2c2cc(-c3ccc4c(c3)c3cc(-c5ccccc5)cc(-c5ccccc5)c3n4-c3ccccc3)ccc2n1-c1ccccc1. The van der Waals surface area contributed by atoms with Gasteiger partial charge in [-0.25, -0.2) is 0 Å². The third-order valence-electron chi connectivity index (χ3n) is 12.0. The fourth-order valence-corrected chi connectivity index (χ4v) is 9.47. The number of fused-ring (bicyclic) bond motifs is 10. The second-order valence-corrected chi connectivity index (χ2v) is 15.2. The molecule has 1 aliphatic rings. The van der Waals surface area contributed by atoms with Gasteiger partial charge in [-0.2, -0.15) is 0 Å². The zero-order valence-corrected chi connectivity index (χ0v) is 31.4. The van der Waals surface area contributed by atoms with Gasteiger partial charge in [-0.05, 0) is 106 Å². The van der Waals surface area contributed by atoms with Crippen molar-refractivity contribution < 1.29 is 4.79 Å². The molecule has 0 saturated carbocycles. The quantitative estimate of drug-likeness (QED) is 0.173. The summed E-state index contributed by atoms with van der Waals surface area (Å²) in [4.78, 5) is 13.8. The Balaban J connectivity index is 1.15. The van der Waals surface area contributed by atoms with Crippen molar-refractivity contribution in [3.05, 3.63) is 217 Å². The highest BCUT2D eigenvalue weighted by atomic mass is 16.1. The highest BCUT2D eigenvalue weighted by molar-refractivity contribution is 6.30.